The van der Waals surface area contributed by atoms with Crippen LogP contribution in [0.5, 0.6) is 0 Å². The molecule has 0 heterocycles. The standard InChI is InChI=1S/C36H61NO7/c1-6-8-10-12-14-16-17-18-19-21-22-24-26-34(38)43-31-32(30-42-29-28-33(36(40)41)37(3,4)5)44-35(39)27-25-23-20-15-13-11-9-7-2/h8,10,14,16,18-20,23,32-33H,6-7,9,11-13,15,17,21-22,24-31H2,1-5H3/b10-8+,16-14+,19-18+,23-20+. The van der Waals surface area contributed by atoms with Gasteiger partial charge in [0.2, 0.25) is 0 Å². The lowest BCUT2D eigenvalue weighted by molar-refractivity contribution is -0.889. The van der Waals surface area contributed by atoms with Gasteiger partial charge >= 0.3 is 11.9 Å². The summed E-state index contributed by atoms with van der Waals surface area (Å²) in [5.74, 6) is -1.87. The van der Waals surface area contributed by atoms with Gasteiger partial charge in [0.05, 0.1) is 40.3 Å². The van der Waals surface area contributed by atoms with Crippen molar-refractivity contribution < 1.29 is 38.2 Å². The number of hydrogen-bond donors (Lipinski definition) is 0. The lowest BCUT2D eigenvalue weighted by Gasteiger charge is -2.34. The van der Waals surface area contributed by atoms with Crippen LogP contribution >= 0.6 is 0 Å². The van der Waals surface area contributed by atoms with Crippen molar-refractivity contribution in [3.05, 3.63) is 48.6 Å². The molecular weight excluding hydrogens is 558 g/mol. The van der Waals surface area contributed by atoms with Crippen molar-refractivity contribution >= 4 is 17.9 Å². The summed E-state index contributed by atoms with van der Waals surface area (Å²) in [6.07, 6.45) is 28.8. The molecule has 8 heteroatoms. The number of nitrogens with zero attached hydrogens (tertiary/aromatic N) is 1. The first-order valence-corrected chi connectivity index (χ1v) is 16.7. The summed E-state index contributed by atoms with van der Waals surface area (Å²) in [5.41, 5.74) is 0. The number of hydrogen-bond acceptors (Lipinski definition) is 7. The van der Waals surface area contributed by atoms with Gasteiger partial charge in [-0.15, -0.1) is 0 Å². The molecule has 0 rings (SSSR count). The highest BCUT2D eigenvalue weighted by Crippen LogP contribution is 2.10. The smallest absolute Gasteiger partial charge is 0.306 e. The second kappa shape index (κ2) is 27.8. The minimum absolute atomic E-state index is 0.0112. The normalized spacial score (nSPS) is 13.8. The maximum atomic E-state index is 12.5. The van der Waals surface area contributed by atoms with Crippen LogP contribution in [0.1, 0.15) is 110 Å². The van der Waals surface area contributed by atoms with Crippen LogP contribution < -0.4 is 5.11 Å². The van der Waals surface area contributed by atoms with Gasteiger partial charge in [-0.25, -0.2) is 0 Å². The Morgan fingerprint density at radius 3 is 1.95 bits per heavy atom. The number of quaternary nitrogens is 1. The molecule has 2 atom stereocenters. The number of ether oxygens (including phenoxy) is 3. The average Bonchev–Trinajstić information content (AvgIpc) is 2.96. The maximum absolute atomic E-state index is 12.5. The molecule has 0 spiro atoms. The zero-order valence-electron chi connectivity index (χ0n) is 28.3. The van der Waals surface area contributed by atoms with E-state index in [2.05, 4.69) is 56.4 Å². The molecule has 0 aromatic rings. The van der Waals surface area contributed by atoms with E-state index in [0.29, 0.717) is 19.3 Å². The van der Waals surface area contributed by atoms with Gasteiger partial charge in [-0.3, -0.25) is 9.59 Å². The van der Waals surface area contributed by atoms with Gasteiger partial charge < -0.3 is 28.6 Å². The third-order valence-electron chi connectivity index (χ3n) is 6.96. The summed E-state index contributed by atoms with van der Waals surface area (Å²) in [7, 11) is 5.35. The fourth-order valence-corrected chi connectivity index (χ4v) is 4.33. The van der Waals surface area contributed by atoms with Crippen LogP contribution in [0, 0.1) is 0 Å². The Hall–Kier alpha value is -2.71. The van der Waals surface area contributed by atoms with Crippen LogP contribution in [-0.4, -0.2) is 75.5 Å². The molecule has 0 radical (unpaired) electrons. The Morgan fingerprint density at radius 1 is 0.705 bits per heavy atom. The van der Waals surface area contributed by atoms with E-state index in [1.54, 1.807) is 21.1 Å². The van der Waals surface area contributed by atoms with Gasteiger partial charge in [-0.1, -0.05) is 81.7 Å². The largest absolute Gasteiger partial charge is 0.544 e. The molecule has 0 aromatic carbocycles. The van der Waals surface area contributed by atoms with Crippen molar-refractivity contribution in [1.82, 2.24) is 0 Å². The first-order valence-electron chi connectivity index (χ1n) is 16.7. The quantitative estimate of drug-likeness (QED) is 0.0432. The minimum atomic E-state index is -1.14. The molecule has 0 aliphatic carbocycles. The van der Waals surface area contributed by atoms with E-state index >= 15 is 0 Å². The van der Waals surface area contributed by atoms with Crippen molar-refractivity contribution in [3.8, 4) is 0 Å². The van der Waals surface area contributed by atoms with Crippen LogP contribution in [0.2, 0.25) is 0 Å². The molecule has 0 aliphatic rings. The molecule has 44 heavy (non-hydrogen) atoms. The molecule has 252 valence electrons. The molecule has 0 bridgehead atoms. The SMILES string of the molecule is CC/C=C/C/C=C/C/C=C/CCCCC(=O)OCC(COCCC(C(=O)[O-])[N+](C)(C)C)OC(=O)CC/C=C/CCCCCC. The van der Waals surface area contributed by atoms with Crippen LogP contribution in [-0.2, 0) is 28.6 Å². The van der Waals surface area contributed by atoms with Crippen LogP contribution in [0.4, 0.5) is 0 Å². The van der Waals surface area contributed by atoms with Gasteiger partial charge in [0.25, 0.3) is 0 Å². The zero-order valence-corrected chi connectivity index (χ0v) is 28.3. The third-order valence-corrected chi connectivity index (χ3v) is 6.96. The van der Waals surface area contributed by atoms with E-state index in [-0.39, 0.29) is 49.1 Å². The predicted molar refractivity (Wildman–Crippen MR) is 176 cm³/mol. The summed E-state index contributed by atoms with van der Waals surface area (Å²) < 4.78 is 16.9. The first-order chi connectivity index (χ1) is 21.1. The van der Waals surface area contributed by atoms with Gasteiger partial charge in [0.1, 0.15) is 12.6 Å². The van der Waals surface area contributed by atoms with E-state index in [0.717, 1.165) is 44.9 Å². The van der Waals surface area contributed by atoms with Gasteiger partial charge in [0.15, 0.2) is 6.10 Å². The summed E-state index contributed by atoms with van der Waals surface area (Å²) in [6, 6.07) is -0.734. The lowest BCUT2D eigenvalue weighted by Crippen LogP contribution is -2.55. The number of carbonyl (C=O) groups is 3. The van der Waals surface area contributed by atoms with Gasteiger partial charge in [-0.2, -0.15) is 0 Å². The van der Waals surface area contributed by atoms with Crippen molar-refractivity contribution in [3.63, 3.8) is 0 Å². The Bertz CT molecular complexity index is 870. The Labute approximate surface area is 267 Å². The number of unbranched alkanes of at least 4 members (excludes halogenated alkanes) is 6. The number of carbonyl (C=O) groups excluding carboxylic acids is 3. The van der Waals surface area contributed by atoms with Crippen LogP contribution in [0.25, 0.3) is 0 Å². The molecule has 0 aliphatic heterocycles. The maximum Gasteiger partial charge on any atom is 0.306 e. The molecule has 8 nitrogen and oxygen atoms in total. The molecule has 0 N–H and O–H groups in total. The van der Waals surface area contributed by atoms with Crippen molar-refractivity contribution in [2.24, 2.45) is 0 Å². The predicted octanol–water partition coefficient (Wildman–Crippen LogP) is 6.40. The van der Waals surface area contributed by atoms with Gasteiger partial charge in [0, 0.05) is 19.3 Å². The van der Waals surface area contributed by atoms with E-state index < -0.39 is 18.1 Å². The zero-order chi connectivity index (χ0) is 32.9. The average molecular weight is 620 g/mol. The number of carboxylic acids is 1. The Balaban J connectivity index is 4.59. The topological polar surface area (TPSA) is 102 Å². The fraction of sp³-hybridized carbons (Fsp3) is 0.694. The van der Waals surface area contributed by atoms with Gasteiger partial charge in [-0.05, 0) is 57.8 Å². The van der Waals surface area contributed by atoms with E-state index in [1.807, 2.05) is 6.08 Å². The molecular formula is C36H61NO7. The number of rotatable bonds is 28. The monoisotopic (exact) mass is 619 g/mol. The van der Waals surface area contributed by atoms with E-state index in [4.69, 9.17) is 14.2 Å². The third kappa shape index (κ3) is 25.8. The number of likely N-dealkylation sites (N-methyl/N-ethyl adjacent to an activating group) is 1. The summed E-state index contributed by atoms with van der Waals surface area (Å²) in [5, 5.41) is 11.5. The van der Waals surface area contributed by atoms with Crippen molar-refractivity contribution in [2.75, 3.05) is 41.0 Å². The van der Waals surface area contributed by atoms with Crippen LogP contribution in [0.15, 0.2) is 48.6 Å². The van der Waals surface area contributed by atoms with E-state index in [1.165, 1.54) is 19.3 Å². The highest BCUT2D eigenvalue weighted by Gasteiger charge is 2.25. The van der Waals surface area contributed by atoms with Crippen molar-refractivity contribution in [2.45, 2.75) is 122 Å². The Morgan fingerprint density at radius 2 is 1.32 bits per heavy atom. The lowest BCUT2D eigenvalue weighted by atomic mass is 10.1. The second-order valence-corrected chi connectivity index (χ2v) is 12.0. The molecule has 0 saturated carbocycles. The molecule has 0 amide bonds. The summed E-state index contributed by atoms with van der Waals surface area (Å²) in [6.45, 7) is 4.37. The Kier molecular flexibility index (Phi) is 26.1. The van der Waals surface area contributed by atoms with Crippen LogP contribution in [0.3, 0.4) is 0 Å². The second-order valence-electron chi connectivity index (χ2n) is 12.0. The molecule has 0 fully saturated rings. The number of esters is 2. The highest BCUT2D eigenvalue weighted by molar-refractivity contribution is 5.70. The minimum Gasteiger partial charge on any atom is -0.544 e. The summed E-state index contributed by atoms with van der Waals surface area (Å²) in [4.78, 5) is 36.3. The molecule has 2 unspecified atom stereocenters. The number of aliphatic carboxylic acids is 1. The van der Waals surface area contributed by atoms with Crippen molar-refractivity contribution in [1.29, 1.82) is 0 Å². The number of carboxylic acid groups (broad SMARTS) is 1. The van der Waals surface area contributed by atoms with E-state index in [9.17, 15) is 19.5 Å². The first kappa shape index (κ1) is 41.3. The molecule has 0 saturated heterocycles. The molecule has 0 aromatic heterocycles. The fourth-order valence-electron chi connectivity index (χ4n) is 4.33. The number of allylic oxidation sites excluding steroid dienone is 8. The highest BCUT2D eigenvalue weighted by atomic mass is 16.6. The summed E-state index contributed by atoms with van der Waals surface area (Å²) >= 11 is 0.